The second-order valence-corrected chi connectivity index (χ2v) is 10.9. The quantitative estimate of drug-likeness (QED) is 0.377. The Labute approximate surface area is 243 Å². The molecule has 1 N–H and O–H groups in total. The number of nitrogens with zero attached hydrogens (tertiary/aromatic N) is 3. The standard InChI is InChI=1S/C29H35N3O3.C2HF3O2/c1-22-26(23(2)35-30-22)21-34-27-11-7-6-10-25(27)20-31-16-12-29(13-17-31)14-18-32(19-15-29)28(33)24-8-4-3-5-9-24;3-2(4,5)1(6)7/h3-11H,12-21H2,1-2H3;(H,6,7). The first-order valence-electron chi connectivity index (χ1n) is 14.0. The van der Waals surface area contributed by atoms with Crippen LogP contribution in [0.4, 0.5) is 13.2 Å². The molecule has 0 aliphatic carbocycles. The Morgan fingerprint density at radius 1 is 0.952 bits per heavy atom. The lowest BCUT2D eigenvalue weighted by Crippen LogP contribution is -2.48. The number of carboxylic acid groups (broad SMARTS) is 1. The predicted molar refractivity (Wildman–Crippen MR) is 149 cm³/mol. The molecule has 0 saturated carbocycles. The highest BCUT2D eigenvalue weighted by atomic mass is 19.4. The van der Waals surface area contributed by atoms with Gasteiger partial charge in [0.15, 0.2) is 0 Å². The molecule has 1 spiro atoms. The van der Waals surface area contributed by atoms with E-state index in [2.05, 4.69) is 28.3 Å². The Hall–Kier alpha value is -3.86. The zero-order chi connectivity index (χ0) is 30.3. The average molecular weight is 588 g/mol. The van der Waals surface area contributed by atoms with Crippen molar-refractivity contribution in [2.75, 3.05) is 26.2 Å². The maximum absolute atomic E-state index is 12.8. The van der Waals surface area contributed by atoms with Crippen LogP contribution in [-0.2, 0) is 17.9 Å². The molecule has 2 saturated heterocycles. The Morgan fingerprint density at radius 2 is 1.52 bits per heavy atom. The molecule has 0 unspecified atom stereocenters. The third-order valence-electron chi connectivity index (χ3n) is 8.21. The molecule has 1 aromatic heterocycles. The molecule has 5 rings (SSSR count). The number of aliphatic carboxylic acids is 1. The van der Waals surface area contributed by atoms with Crippen molar-refractivity contribution in [2.24, 2.45) is 5.41 Å². The van der Waals surface area contributed by atoms with Gasteiger partial charge in [0.05, 0.1) is 11.3 Å². The fourth-order valence-electron chi connectivity index (χ4n) is 5.51. The molecule has 8 nitrogen and oxygen atoms in total. The predicted octanol–water partition coefficient (Wildman–Crippen LogP) is 6.02. The lowest BCUT2D eigenvalue weighted by Gasteiger charge is -2.47. The minimum Gasteiger partial charge on any atom is -0.488 e. The molecule has 2 aliphatic rings. The van der Waals surface area contributed by atoms with Crippen molar-refractivity contribution in [3.05, 3.63) is 82.7 Å². The van der Waals surface area contributed by atoms with E-state index in [4.69, 9.17) is 19.2 Å². The van der Waals surface area contributed by atoms with Crippen LogP contribution in [0.2, 0.25) is 0 Å². The van der Waals surface area contributed by atoms with Gasteiger partial charge in [-0.1, -0.05) is 41.6 Å². The van der Waals surface area contributed by atoms with E-state index in [-0.39, 0.29) is 5.91 Å². The van der Waals surface area contributed by atoms with Crippen molar-refractivity contribution in [1.82, 2.24) is 15.0 Å². The first-order valence-corrected chi connectivity index (χ1v) is 14.0. The number of carboxylic acids is 1. The zero-order valence-electron chi connectivity index (χ0n) is 23.8. The lowest BCUT2D eigenvalue weighted by molar-refractivity contribution is -0.192. The minimum atomic E-state index is -5.08. The molecule has 2 aromatic carbocycles. The molecule has 0 atom stereocenters. The minimum absolute atomic E-state index is 0.172. The van der Waals surface area contributed by atoms with Crippen molar-refractivity contribution >= 4 is 11.9 Å². The van der Waals surface area contributed by atoms with Crippen LogP contribution < -0.4 is 4.74 Å². The first kappa shape index (κ1) is 31.1. The number of ether oxygens (including phenoxy) is 1. The van der Waals surface area contributed by atoms with Gasteiger partial charge >= 0.3 is 12.1 Å². The summed E-state index contributed by atoms with van der Waals surface area (Å²) in [4.78, 5) is 26.3. The van der Waals surface area contributed by atoms with Gasteiger partial charge in [0.1, 0.15) is 18.1 Å². The van der Waals surface area contributed by atoms with Crippen LogP contribution in [-0.4, -0.2) is 64.3 Å². The van der Waals surface area contributed by atoms with Gasteiger partial charge in [-0.3, -0.25) is 9.69 Å². The Balaban J connectivity index is 0.000000517. The van der Waals surface area contributed by atoms with Crippen molar-refractivity contribution in [3.63, 3.8) is 0 Å². The van der Waals surface area contributed by atoms with Gasteiger partial charge in [0.25, 0.3) is 5.91 Å². The van der Waals surface area contributed by atoms with Crippen LogP contribution in [0.5, 0.6) is 5.75 Å². The fraction of sp³-hybridized carbons (Fsp3) is 0.452. The molecular formula is C31H36F3N3O5. The average Bonchev–Trinajstić information content (AvgIpc) is 3.30. The van der Waals surface area contributed by atoms with Gasteiger partial charge in [-0.15, -0.1) is 0 Å². The van der Waals surface area contributed by atoms with Crippen LogP contribution in [0.1, 0.15) is 58.6 Å². The number of likely N-dealkylation sites (tertiary alicyclic amines) is 2. The monoisotopic (exact) mass is 587 g/mol. The third kappa shape index (κ3) is 7.90. The van der Waals surface area contributed by atoms with Gasteiger partial charge in [0, 0.05) is 30.8 Å². The molecule has 0 bridgehead atoms. The highest BCUT2D eigenvalue weighted by Crippen LogP contribution is 2.42. The van der Waals surface area contributed by atoms with Crippen molar-refractivity contribution in [2.45, 2.75) is 58.9 Å². The number of aromatic nitrogens is 1. The SMILES string of the molecule is Cc1noc(C)c1COc1ccccc1CN1CCC2(CC1)CCN(C(=O)c1ccccc1)CC2.O=C(O)C(F)(F)F. The molecule has 2 fully saturated rings. The topological polar surface area (TPSA) is 96.1 Å². The molecule has 42 heavy (non-hydrogen) atoms. The number of halogens is 3. The highest BCUT2D eigenvalue weighted by molar-refractivity contribution is 5.94. The summed E-state index contributed by atoms with van der Waals surface area (Å²) in [7, 11) is 0. The Bertz CT molecular complexity index is 1320. The van der Waals surface area contributed by atoms with E-state index in [1.54, 1.807) is 0 Å². The largest absolute Gasteiger partial charge is 0.490 e. The summed E-state index contributed by atoms with van der Waals surface area (Å²) < 4.78 is 43.2. The van der Waals surface area contributed by atoms with E-state index < -0.39 is 12.1 Å². The van der Waals surface area contributed by atoms with Crippen LogP contribution in [0.15, 0.2) is 59.1 Å². The number of carbonyl (C=O) groups excluding carboxylic acids is 1. The lowest BCUT2D eigenvalue weighted by atomic mass is 9.71. The van der Waals surface area contributed by atoms with E-state index in [1.807, 2.05) is 55.1 Å². The highest BCUT2D eigenvalue weighted by Gasteiger charge is 2.39. The smallest absolute Gasteiger partial charge is 0.488 e. The normalized spacial score (nSPS) is 16.9. The molecule has 3 heterocycles. The van der Waals surface area contributed by atoms with Gasteiger partial charge in [0.2, 0.25) is 0 Å². The van der Waals surface area contributed by atoms with E-state index in [9.17, 15) is 18.0 Å². The van der Waals surface area contributed by atoms with Gasteiger partial charge < -0.3 is 19.3 Å². The summed E-state index contributed by atoms with van der Waals surface area (Å²) in [5.41, 5.74) is 4.31. The molecular weight excluding hydrogens is 551 g/mol. The van der Waals surface area contributed by atoms with Crippen molar-refractivity contribution in [1.29, 1.82) is 0 Å². The van der Waals surface area contributed by atoms with Crippen LogP contribution in [0, 0.1) is 19.3 Å². The summed E-state index contributed by atoms with van der Waals surface area (Å²) in [6.07, 6.45) is -0.474. The van der Waals surface area contributed by atoms with Crippen molar-refractivity contribution in [3.8, 4) is 5.75 Å². The maximum atomic E-state index is 12.8. The van der Waals surface area contributed by atoms with Gasteiger partial charge in [-0.05, 0) is 76.2 Å². The summed E-state index contributed by atoms with van der Waals surface area (Å²) in [5, 5.41) is 11.2. The number of rotatable bonds is 6. The van der Waals surface area contributed by atoms with E-state index in [1.165, 1.54) is 18.4 Å². The number of amides is 1. The number of benzene rings is 2. The zero-order valence-corrected chi connectivity index (χ0v) is 23.8. The van der Waals surface area contributed by atoms with Gasteiger partial charge in [-0.25, -0.2) is 4.79 Å². The molecule has 0 radical (unpaired) electrons. The first-order chi connectivity index (χ1) is 20.0. The van der Waals surface area contributed by atoms with Crippen LogP contribution in [0.25, 0.3) is 0 Å². The van der Waals surface area contributed by atoms with Crippen molar-refractivity contribution < 1.29 is 37.1 Å². The molecule has 3 aromatic rings. The molecule has 2 aliphatic heterocycles. The summed E-state index contributed by atoms with van der Waals surface area (Å²) in [6.45, 7) is 9.16. The third-order valence-corrected chi connectivity index (χ3v) is 8.21. The van der Waals surface area contributed by atoms with E-state index in [0.29, 0.717) is 12.0 Å². The summed E-state index contributed by atoms with van der Waals surface area (Å²) in [6, 6.07) is 18.0. The number of alkyl halides is 3. The number of piperidine rings is 2. The van der Waals surface area contributed by atoms with Gasteiger partial charge in [-0.2, -0.15) is 13.2 Å². The second kappa shape index (κ2) is 13.4. The molecule has 226 valence electrons. The Morgan fingerprint density at radius 3 is 2.10 bits per heavy atom. The Kier molecular flexibility index (Phi) is 9.93. The summed E-state index contributed by atoms with van der Waals surface area (Å²) >= 11 is 0. The summed E-state index contributed by atoms with van der Waals surface area (Å²) in [5.74, 6) is -0.836. The second-order valence-electron chi connectivity index (χ2n) is 10.9. The van der Waals surface area contributed by atoms with Crippen LogP contribution >= 0.6 is 0 Å². The van der Waals surface area contributed by atoms with E-state index in [0.717, 1.165) is 73.9 Å². The number of carbonyl (C=O) groups is 2. The number of hydrogen-bond acceptors (Lipinski definition) is 6. The number of para-hydroxylation sites is 1. The number of hydrogen-bond donors (Lipinski definition) is 1. The maximum Gasteiger partial charge on any atom is 0.490 e. The van der Waals surface area contributed by atoms with Crippen LogP contribution in [0.3, 0.4) is 0 Å². The fourth-order valence-corrected chi connectivity index (χ4v) is 5.51. The number of aryl methyl sites for hydroxylation is 2. The van der Waals surface area contributed by atoms with E-state index >= 15 is 0 Å². The molecule has 1 amide bonds. The molecule has 11 heteroatoms.